The van der Waals surface area contributed by atoms with Gasteiger partial charge in [-0.25, -0.2) is 4.79 Å². The third-order valence-corrected chi connectivity index (χ3v) is 4.45. The van der Waals surface area contributed by atoms with Gasteiger partial charge in [0.1, 0.15) is 16.9 Å². The zero-order valence-electron chi connectivity index (χ0n) is 14.6. The molecule has 4 rings (SSSR count). The number of rotatable bonds is 4. The lowest BCUT2D eigenvalue weighted by molar-refractivity contribution is 0.103. The van der Waals surface area contributed by atoms with Crippen molar-refractivity contribution in [2.75, 3.05) is 7.11 Å². The monoisotopic (exact) mass is 356 g/mol. The summed E-state index contributed by atoms with van der Waals surface area (Å²) < 4.78 is 10.6. The van der Waals surface area contributed by atoms with Crippen LogP contribution in [0.15, 0.2) is 88.1 Å². The Kier molecular flexibility index (Phi) is 4.30. The molecule has 0 spiro atoms. The van der Waals surface area contributed by atoms with Crippen LogP contribution in [0.2, 0.25) is 0 Å². The molecule has 0 fully saturated rings. The Bertz CT molecular complexity index is 1170. The number of ether oxygens (including phenoxy) is 1. The van der Waals surface area contributed by atoms with Gasteiger partial charge in [0.05, 0.1) is 7.11 Å². The van der Waals surface area contributed by atoms with Gasteiger partial charge in [-0.05, 0) is 35.9 Å². The highest BCUT2D eigenvalue weighted by Gasteiger charge is 2.23. The summed E-state index contributed by atoms with van der Waals surface area (Å²) in [5.41, 5.74) is 1.61. The molecule has 0 atom stereocenters. The molecule has 0 bridgehead atoms. The summed E-state index contributed by atoms with van der Waals surface area (Å²) >= 11 is 0. The largest absolute Gasteiger partial charge is 0.497 e. The lowest BCUT2D eigenvalue weighted by Gasteiger charge is -2.11. The average molecular weight is 356 g/mol. The molecule has 4 heteroatoms. The summed E-state index contributed by atoms with van der Waals surface area (Å²) in [4.78, 5) is 26.0. The number of hydrogen-bond acceptors (Lipinski definition) is 4. The second-order valence-electron chi connectivity index (χ2n) is 6.06. The molecule has 0 saturated heterocycles. The molecule has 1 heterocycles. The van der Waals surface area contributed by atoms with Crippen molar-refractivity contribution in [3.8, 4) is 16.9 Å². The molecule has 0 aliphatic rings. The van der Waals surface area contributed by atoms with Crippen molar-refractivity contribution >= 4 is 16.8 Å². The molecule has 3 aromatic carbocycles. The van der Waals surface area contributed by atoms with Crippen LogP contribution in [0.4, 0.5) is 0 Å². The van der Waals surface area contributed by atoms with Crippen molar-refractivity contribution in [3.05, 3.63) is 100 Å². The summed E-state index contributed by atoms with van der Waals surface area (Å²) in [7, 11) is 1.56. The van der Waals surface area contributed by atoms with E-state index in [4.69, 9.17) is 9.15 Å². The van der Waals surface area contributed by atoms with Crippen LogP contribution >= 0.6 is 0 Å². The van der Waals surface area contributed by atoms with E-state index in [1.54, 1.807) is 43.5 Å². The maximum absolute atomic E-state index is 13.2. The summed E-state index contributed by atoms with van der Waals surface area (Å²) in [6.07, 6.45) is 0. The predicted molar refractivity (Wildman–Crippen MR) is 104 cm³/mol. The normalized spacial score (nSPS) is 10.7. The van der Waals surface area contributed by atoms with E-state index >= 15 is 0 Å². The Balaban J connectivity index is 2.00. The number of hydrogen-bond donors (Lipinski definition) is 0. The van der Waals surface area contributed by atoms with Gasteiger partial charge >= 0.3 is 5.63 Å². The summed E-state index contributed by atoms with van der Waals surface area (Å²) in [5.74, 6) is 0.261. The number of ketones is 1. The average Bonchev–Trinajstić information content (AvgIpc) is 2.73. The second kappa shape index (κ2) is 6.92. The van der Waals surface area contributed by atoms with Gasteiger partial charge in [-0.1, -0.05) is 48.5 Å². The maximum Gasteiger partial charge on any atom is 0.348 e. The number of carbonyl (C=O) groups is 1. The zero-order valence-corrected chi connectivity index (χ0v) is 14.6. The first-order valence-corrected chi connectivity index (χ1v) is 8.49. The van der Waals surface area contributed by atoms with Crippen LogP contribution < -0.4 is 10.4 Å². The van der Waals surface area contributed by atoms with Crippen molar-refractivity contribution in [3.63, 3.8) is 0 Å². The van der Waals surface area contributed by atoms with Crippen molar-refractivity contribution in [1.29, 1.82) is 0 Å². The van der Waals surface area contributed by atoms with Crippen LogP contribution in [0.25, 0.3) is 22.1 Å². The zero-order chi connectivity index (χ0) is 18.8. The molecule has 0 aliphatic heterocycles. The Labute approximate surface area is 155 Å². The van der Waals surface area contributed by atoms with Crippen LogP contribution in [0.1, 0.15) is 15.9 Å². The molecule has 4 nitrogen and oxygen atoms in total. The van der Waals surface area contributed by atoms with Gasteiger partial charge in [-0.15, -0.1) is 0 Å². The SMILES string of the molecule is COc1ccc(C(=O)c2c(-c3ccccc3)c3ccccc3oc2=O)cc1. The number of benzene rings is 3. The summed E-state index contributed by atoms with van der Waals surface area (Å²) in [6.45, 7) is 0. The van der Waals surface area contributed by atoms with Gasteiger partial charge in [-0.3, -0.25) is 4.79 Å². The maximum atomic E-state index is 13.2. The highest BCUT2D eigenvalue weighted by atomic mass is 16.5. The Morgan fingerprint density at radius 1 is 0.852 bits per heavy atom. The van der Waals surface area contributed by atoms with Crippen LogP contribution in [-0.4, -0.2) is 12.9 Å². The predicted octanol–water partition coefficient (Wildman–Crippen LogP) is 4.70. The van der Waals surface area contributed by atoms with Crippen LogP contribution in [-0.2, 0) is 0 Å². The fraction of sp³-hybridized carbons (Fsp3) is 0.0435. The molecule has 0 amide bonds. The molecular formula is C23H16O4. The van der Waals surface area contributed by atoms with E-state index in [-0.39, 0.29) is 11.3 Å². The van der Waals surface area contributed by atoms with Crippen LogP contribution in [0.5, 0.6) is 5.75 Å². The number of methoxy groups -OCH3 is 1. The van der Waals surface area contributed by atoms with Crippen molar-refractivity contribution < 1.29 is 13.9 Å². The first kappa shape index (κ1) is 16.8. The van der Waals surface area contributed by atoms with Crippen LogP contribution in [0, 0.1) is 0 Å². The molecule has 4 aromatic rings. The van der Waals surface area contributed by atoms with Gasteiger partial charge in [0.25, 0.3) is 0 Å². The van der Waals surface area contributed by atoms with Gasteiger partial charge in [0.2, 0.25) is 5.78 Å². The number of carbonyl (C=O) groups excluding carboxylic acids is 1. The van der Waals surface area contributed by atoms with E-state index in [0.29, 0.717) is 22.5 Å². The van der Waals surface area contributed by atoms with E-state index in [1.165, 1.54) is 0 Å². The van der Waals surface area contributed by atoms with Crippen LogP contribution in [0.3, 0.4) is 0 Å². The quantitative estimate of drug-likeness (QED) is 0.393. The highest BCUT2D eigenvalue weighted by molar-refractivity contribution is 6.16. The van der Waals surface area contributed by atoms with E-state index in [2.05, 4.69) is 0 Å². The molecule has 132 valence electrons. The molecule has 1 aromatic heterocycles. The summed E-state index contributed by atoms with van der Waals surface area (Å²) in [5, 5.41) is 0.722. The van der Waals surface area contributed by atoms with E-state index in [0.717, 1.165) is 10.9 Å². The molecule has 0 saturated carbocycles. The minimum atomic E-state index is -0.645. The standard InChI is InChI=1S/C23H16O4/c1-26-17-13-11-16(12-14-17)22(24)21-20(15-7-3-2-4-8-15)18-9-5-6-10-19(18)27-23(21)25/h2-14H,1H3. The lowest BCUT2D eigenvalue weighted by atomic mass is 9.92. The molecular weight excluding hydrogens is 340 g/mol. The van der Waals surface area contributed by atoms with Gasteiger partial charge in [-0.2, -0.15) is 0 Å². The van der Waals surface area contributed by atoms with Crippen molar-refractivity contribution in [2.45, 2.75) is 0 Å². The molecule has 0 unspecified atom stereocenters. The minimum absolute atomic E-state index is 0.0325. The fourth-order valence-corrected chi connectivity index (χ4v) is 3.15. The third-order valence-electron chi connectivity index (χ3n) is 4.45. The van der Waals surface area contributed by atoms with E-state index < -0.39 is 5.63 Å². The fourth-order valence-electron chi connectivity index (χ4n) is 3.15. The second-order valence-corrected chi connectivity index (χ2v) is 6.06. The van der Waals surface area contributed by atoms with Crippen molar-refractivity contribution in [2.24, 2.45) is 0 Å². The van der Waals surface area contributed by atoms with Gasteiger partial charge in [0.15, 0.2) is 0 Å². The number of para-hydroxylation sites is 1. The molecule has 0 N–H and O–H groups in total. The lowest BCUT2D eigenvalue weighted by Crippen LogP contribution is -2.17. The first-order valence-electron chi connectivity index (χ1n) is 8.49. The van der Waals surface area contributed by atoms with Gasteiger partial charge < -0.3 is 9.15 Å². The topological polar surface area (TPSA) is 56.5 Å². The van der Waals surface area contributed by atoms with E-state index in [1.807, 2.05) is 42.5 Å². The summed E-state index contributed by atoms with van der Waals surface area (Å²) in [6, 6.07) is 23.3. The van der Waals surface area contributed by atoms with Gasteiger partial charge in [0, 0.05) is 16.5 Å². The van der Waals surface area contributed by atoms with E-state index in [9.17, 15) is 9.59 Å². The number of fused-ring (bicyclic) bond motifs is 1. The Hall–Kier alpha value is -3.66. The Morgan fingerprint density at radius 2 is 1.52 bits per heavy atom. The Morgan fingerprint density at radius 3 is 2.22 bits per heavy atom. The third kappa shape index (κ3) is 3.02. The molecule has 27 heavy (non-hydrogen) atoms. The molecule has 0 aliphatic carbocycles. The highest BCUT2D eigenvalue weighted by Crippen LogP contribution is 2.31. The van der Waals surface area contributed by atoms with Crippen molar-refractivity contribution in [1.82, 2.24) is 0 Å². The first-order chi connectivity index (χ1) is 13.2. The molecule has 0 radical (unpaired) electrons. The minimum Gasteiger partial charge on any atom is -0.497 e. The smallest absolute Gasteiger partial charge is 0.348 e.